The maximum absolute atomic E-state index is 4.83. The molecule has 0 amide bonds. The van der Waals surface area contributed by atoms with Gasteiger partial charge in [0.1, 0.15) is 5.82 Å². The van der Waals surface area contributed by atoms with Gasteiger partial charge in [0.25, 0.3) is 0 Å². The highest BCUT2D eigenvalue weighted by molar-refractivity contribution is 9.10. The molecule has 0 atom stereocenters. The van der Waals surface area contributed by atoms with Crippen molar-refractivity contribution in [3.05, 3.63) is 81.5 Å². The monoisotopic (exact) mass is 404 g/mol. The van der Waals surface area contributed by atoms with Crippen molar-refractivity contribution < 1.29 is 0 Å². The first-order valence-electron chi connectivity index (χ1n) is 9.03. The number of aromatic nitrogens is 1. The van der Waals surface area contributed by atoms with E-state index in [1.165, 1.54) is 33.6 Å². The van der Waals surface area contributed by atoms with Gasteiger partial charge in [0, 0.05) is 27.1 Å². The van der Waals surface area contributed by atoms with Gasteiger partial charge < -0.3 is 0 Å². The van der Waals surface area contributed by atoms with Crippen molar-refractivity contribution in [2.45, 2.75) is 38.5 Å². The van der Waals surface area contributed by atoms with E-state index in [0.717, 1.165) is 10.3 Å². The summed E-state index contributed by atoms with van der Waals surface area (Å²) in [6, 6.07) is 17.6. The average Bonchev–Trinajstić information content (AvgIpc) is 2.61. The molecule has 26 heavy (non-hydrogen) atoms. The molecule has 2 nitrogen and oxygen atoms in total. The van der Waals surface area contributed by atoms with Crippen LogP contribution in [0, 0.1) is 0 Å². The van der Waals surface area contributed by atoms with E-state index in [-0.39, 0.29) is 10.8 Å². The van der Waals surface area contributed by atoms with Crippen molar-refractivity contribution >= 4 is 33.1 Å². The highest BCUT2D eigenvalue weighted by Gasteiger charge is 2.45. The summed E-state index contributed by atoms with van der Waals surface area (Å²) in [7, 11) is 0. The maximum Gasteiger partial charge on any atom is 0.141 e. The van der Waals surface area contributed by atoms with Gasteiger partial charge in [0.2, 0.25) is 0 Å². The second-order valence-electron chi connectivity index (χ2n) is 8.32. The Morgan fingerprint density at radius 2 is 1.46 bits per heavy atom. The Balaban J connectivity index is 1.97. The molecule has 1 aromatic heterocycles. The summed E-state index contributed by atoms with van der Waals surface area (Å²) >= 11 is 3.68. The Bertz CT molecular complexity index is 1050. The summed E-state index contributed by atoms with van der Waals surface area (Å²) in [5.41, 5.74) is 7.74. The summed E-state index contributed by atoms with van der Waals surface area (Å²) in [6.07, 6.45) is 1.90. The summed E-state index contributed by atoms with van der Waals surface area (Å²) < 4.78 is 1.09. The second-order valence-corrected chi connectivity index (χ2v) is 9.24. The van der Waals surface area contributed by atoms with Crippen LogP contribution in [0.4, 0.5) is 17.2 Å². The van der Waals surface area contributed by atoms with E-state index in [4.69, 9.17) is 4.98 Å². The van der Waals surface area contributed by atoms with Crippen LogP contribution >= 0.6 is 15.9 Å². The van der Waals surface area contributed by atoms with Crippen LogP contribution in [0.1, 0.15) is 49.9 Å². The molecule has 0 bridgehead atoms. The standard InChI is InChI=1S/C23H21BrN2/c1-22(2)15-11-10-14(24)13-19(15)26-20-16(22)7-5-8-17(20)23(3,4)18-9-6-12-25-21(18)26/h5-13H,1-4H3. The van der Waals surface area contributed by atoms with E-state index in [1.807, 2.05) is 12.3 Å². The predicted octanol–water partition coefficient (Wildman–Crippen LogP) is 6.59. The zero-order chi connectivity index (χ0) is 18.3. The van der Waals surface area contributed by atoms with Crippen molar-refractivity contribution in [2.24, 2.45) is 0 Å². The summed E-state index contributed by atoms with van der Waals surface area (Å²) in [6.45, 7) is 9.27. The largest absolute Gasteiger partial charge is 0.294 e. The Kier molecular flexibility index (Phi) is 3.08. The molecule has 3 aromatic rings. The van der Waals surface area contributed by atoms with Gasteiger partial charge >= 0.3 is 0 Å². The van der Waals surface area contributed by atoms with Gasteiger partial charge in [-0.2, -0.15) is 0 Å². The van der Waals surface area contributed by atoms with Crippen molar-refractivity contribution in [1.82, 2.24) is 4.98 Å². The first kappa shape index (κ1) is 16.1. The molecule has 0 radical (unpaired) electrons. The number of anilines is 3. The van der Waals surface area contributed by atoms with Gasteiger partial charge in [-0.3, -0.25) is 4.90 Å². The fourth-order valence-electron chi connectivity index (χ4n) is 4.71. The van der Waals surface area contributed by atoms with Gasteiger partial charge in [-0.15, -0.1) is 0 Å². The summed E-state index contributed by atoms with van der Waals surface area (Å²) in [5.74, 6) is 1.05. The molecular formula is C23H21BrN2. The number of benzene rings is 2. The number of nitrogens with zero attached hydrogens (tertiary/aromatic N) is 2. The zero-order valence-corrected chi connectivity index (χ0v) is 17.1. The summed E-state index contributed by atoms with van der Waals surface area (Å²) in [4.78, 5) is 7.20. The van der Waals surface area contributed by atoms with Crippen molar-refractivity contribution in [1.29, 1.82) is 0 Å². The highest BCUT2D eigenvalue weighted by atomic mass is 79.9. The van der Waals surface area contributed by atoms with Crippen molar-refractivity contribution in [3.63, 3.8) is 0 Å². The molecule has 0 saturated heterocycles. The smallest absolute Gasteiger partial charge is 0.141 e. The minimum absolute atomic E-state index is 0.0553. The molecular weight excluding hydrogens is 384 g/mol. The van der Waals surface area contributed by atoms with E-state index >= 15 is 0 Å². The first-order chi connectivity index (χ1) is 12.3. The number of fused-ring (bicyclic) bond motifs is 4. The molecule has 0 spiro atoms. The van der Waals surface area contributed by atoms with Crippen LogP contribution in [0.2, 0.25) is 0 Å². The van der Waals surface area contributed by atoms with E-state index in [9.17, 15) is 0 Å². The number of para-hydroxylation sites is 1. The molecule has 3 heteroatoms. The zero-order valence-electron chi connectivity index (χ0n) is 15.5. The molecule has 0 unspecified atom stereocenters. The number of pyridine rings is 1. The van der Waals surface area contributed by atoms with Gasteiger partial charge in [-0.25, -0.2) is 4.98 Å². The molecule has 2 aliphatic rings. The number of hydrogen-bond donors (Lipinski definition) is 0. The molecule has 2 aliphatic heterocycles. The fraction of sp³-hybridized carbons (Fsp3) is 0.261. The maximum atomic E-state index is 4.83. The van der Waals surface area contributed by atoms with E-state index in [0.29, 0.717) is 0 Å². The van der Waals surface area contributed by atoms with Crippen molar-refractivity contribution in [3.8, 4) is 0 Å². The normalized spacial score (nSPS) is 18.0. The first-order valence-corrected chi connectivity index (χ1v) is 9.82. The molecule has 0 N–H and O–H groups in total. The Morgan fingerprint density at radius 1 is 0.808 bits per heavy atom. The average molecular weight is 405 g/mol. The molecule has 5 rings (SSSR count). The minimum Gasteiger partial charge on any atom is -0.294 e. The number of rotatable bonds is 0. The van der Waals surface area contributed by atoms with Gasteiger partial charge in [-0.05, 0) is 34.9 Å². The third-order valence-electron chi connectivity index (χ3n) is 6.15. The lowest BCUT2D eigenvalue weighted by Gasteiger charge is -2.48. The Morgan fingerprint density at radius 3 is 2.19 bits per heavy atom. The van der Waals surface area contributed by atoms with E-state index in [2.05, 4.69) is 91.0 Å². The Hall–Kier alpha value is -2.13. The Labute approximate surface area is 163 Å². The van der Waals surface area contributed by atoms with Gasteiger partial charge in [0.05, 0.1) is 11.4 Å². The van der Waals surface area contributed by atoms with Gasteiger partial charge in [0.15, 0.2) is 0 Å². The number of halogens is 1. The third-order valence-corrected chi connectivity index (χ3v) is 6.65. The third kappa shape index (κ3) is 1.84. The number of hydrogen-bond acceptors (Lipinski definition) is 2. The quantitative estimate of drug-likeness (QED) is 0.419. The van der Waals surface area contributed by atoms with E-state index in [1.54, 1.807) is 0 Å². The molecule has 0 saturated carbocycles. The lowest BCUT2D eigenvalue weighted by atomic mass is 9.67. The van der Waals surface area contributed by atoms with Crippen molar-refractivity contribution in [2.75, 3.05) is 4.90 Å². The van der Waals surface area contributed by atoms with E-state index < -0.39 is 0 Å². The molecule has 2 aromatic carbocycles. The van der Waals surface area contributed by atoms with Crippen LogP contribution in [0.15, 0.2) is 59.2 Å². The lowest BCUT2D eigenvalue weighted by Crippen LogP contribution is -2.38. The molecule has 3 heterocycles. The second kappa shape index (κ2) is 4.98. The molecule has 0 fully saturated rings. The van der Waals surface area contributed by atoms with Crippen LogP contribution < -0.4 is 4.90 Å². The SMILES string of the molecule is CC1(C)c2ccc(Br)cc2N2c3ncccc3C(C)(C)c3cccc1c32. The fourth-order valence-corrected chi connectivity index (χ4v) is 5.05. The van der Waals surface area contributed by atoms with Crippen LogP contribution in [0.25, 0.3) is 0 Å². The van der Waals surface area contributed by atoms with Gasteiger partial charge in [-0.1, -0.05) is 74.0 Å². The molecule has 0 aliphatic carbocycles. The minimum atomic E-state index is -0.0783. The van der Waals surface area contributed by atoms with Crippen LogP contribution in [0.5, 0.6) is 0 Å². The molecule has 130 valence electrons. The highest BCUT2D eigenvalue weighted by Crippen LogP contribution is 2.59. The topological polar surface area (TPSA) is 16.1 Å². The summed E-state index contributed by atoms with van der Waals surface area (Å²) in [5, 5.41) is 0. The predicted molar refractivity (Wildman–Crippen MR) is 111 cm³/mol. The van der Waals surface area contributed by atoms with Crippen LogP contribution in [0.3, 0.4) is 0 Å². The van der Waals surface area contributed by atoms with Crippen LogP contribution in [-0.4, -0.2) is 4.98 Å². The van der Waals surface area contributed by atoms with Crippen LogP contribution in [-0.2, 0) is 10.8 Å². The lowest BCUT2D eigenvalue weighted by molar-refractivity contribution is 0.594.